The molecule has 0 radical (unpaired) electrons. The molecule has 84 valence electrons. The van der Waals surface area contributed by atoms with Gasteiger partial charge in [-0.15, -0.1) is 0 Å². The quantitative estimate of drug-likeness (QED) is 0.712. The maximum absolute atomic E-state index is 8.87. The first kappa shape index (κ1) is 12.4. The summed E-state index contributed by atoms with van der Waals surface area (Å²) in [5, 5.41) is 9.49. The second-order valence-electron chi connectivity index (χ2n) is 3.23. The molecular weight excluding hydrogens is 323 g/mol. The van der Waals surface area contributed by atoms with Gasteiger partial charge in [0, 0.05) is 5.56 Å². The Labute approximate surface area is 117 Å². The fraction of sp³-hybridized carbons (Fsp3) is 0. The van der Waals surface area contributed by atoms with Gasteiger partial charge in [-0.05, 0) is 21.5 Å². The summed E-state index contributed by atoms with van der Waals surface area (Å²) in [7, 11) is 0. The average Bonchev–Trinajstić information content (AvgIpc) is 2.35. The molecule has 0 N–H and O–H groups in total. The summed E-state index contributed by atoms with van der Waals surface area (Å²) in [5.41, 5.74) is 1.67. The van der Waals surface area contributed by atoms with Gasteiger partial charge in [0.05, 0.1) is 9.50 Å². The molecule has 2 nitrogen and oxygen atoms in total. The number of hydrogen-bond acceptors (Lipinski definition) is 2. The van der Waals surface area contributed by atoms with E-state index >= 15 is 0 Å². The molecule has 0 bridgehead atoms. The molecule has 1 aromatic heterocycles. The van der Waals surface area contributed by atoms with E-state index < -0.39 is 0 Å². The summed E-state index contributed by atoms with van der Waals surface area (Å²) in [6.07, 6.45) is 0. The summed E-state index contributed by atoms with van der Waals surface area (Å²) in [4.78, 5) is 4.00. The zero-order chi connectivity index (χ0) is 12.4. The van der Waals surface area contributed by atoms with E-state index in [1.165, 1.54) is 0 Å². The van der Waals surface area contributed by atoms with Crippen LogP contribution in [0.4, 0.5) is 0 Å². The number of hydrogen-bond donors (Lipinski definition) is 0. The van der Waals surface area contributed by atoms with Crippen molar-refractivity contribution in [2.24, 2.45) is 0 Å². The molecule has 0 spiro atoms. The maximum Gasteiger partial charge on any atom is 0.157 e. The normalized spacial score (nSPS) is 10.0. The van der Waals surface area contributed by atoms with Crippen molar-refractivity contribution in [3.63, 3.8) is 0 Å². The predicted molar refractivity (Wildman–Crippen MR) is 72.1 cm³/mol. The minimum Gasteiger partial charge on any atom is -0.223 e. The van der Waals surface area contributed by atoms with Gasteiger partial charge in [0.1, 0.15) is 11.2 Å². The van der Waals surface area contributed by atoms with Crippen molar-refractivity contribution in [1.29, 1.82) is 5.26 Å². The van der Waals surface area contributed by atoms with E-state index in [1.54, 1.807) is 0 Å². The molecular formula is C12H5BrCl2N2. The van der Waals surface area contributed by atoms with Crippen LogP contribution in [0.25, 0.3) is 11.1 Å². The highest BCUT2D eigenvalue weighted by molar-refractivity contribution is 9.10. The molecule has 0 aliphatic heterocycles. The molecule has 0 atom stereocenters. The topological polar surface area (TPSA) is 36.7 Å². The van der Waals surface area contributed by atoms with Crippen LogP contribution >= 0.6 is 39.1 Å². The number of rotatable bonds is 1. The molecule has 0 aliphatic rings. The fourth-order valence-electron chi connectivity index (χ4n) is 1.43. The van der Waals surface area contributed by atoms with Gasteiger partial charge in [0.15, 0.2) is 5.69 Å². The van der Waals surface area contributed by atoms with Crippen molar-refractivity contribution >= 4 is 39.1 Å². The van der Waals surface area contributed by atoms with Crippen LogP contribution in [0, 0.1) is 11.3 Å². The Balaban J connectivity index is 2.73. The summed E-state index contributed by atoms with van der Waals surface area (Å²) < 4.78 is 0.463. The lowest BCUT2D eigenvalue weighted by Crippen LogP contribution is -1.92. The first-order valence-corrected chi connectivity index (χ1v) is 6.20. The van der Waals surface area contributed by atoms with E-state index in [0.717, 1.165) is 5.56 Å². The number of halogens is 3. The van der Waals surface area contributed by atoms with E-state index in [4.69, 9.17) is 28.5 Å². The van der Waals surface area contributed by atoms with Crippen molar-refractivity contribution in [1.82, 2.24) is 4.98 Å². The van der Waals surface area contributed by atoms with Crippen LogP contribution in [-0.4, -0.2) is 4.98 Å². The van der Waals surface area contributed by atoms with Gasteiger partial charge >= 0.3 is 0 Å². The Morgan fingerprint density at radius 1 is 1.18 bits per heavy atom. The first-order valence-electron chi connectivity index (χ1n) is 4.65. The molecule has 1 aromatic carbocycles. The molecule has 0 saturated carbocycles. The zero-order valence-corrected chi connectivity index (χ0v) is 11.5. The van der Waals surface area contributed by atoms with Crippen molar-refractivity contribution in [3.8, 4) is 17.2 Å². The summed E-state index contributed by atoms with van der Waals surface area (Å²) in [6, 6.07) is 11.4. The van der Waals surface area contributed by atoms with Crippen molar-refractivity contribution in [3.05, 3.63) is 50.7 Å². The van der Waals surface area contributed by atoms with Crippen LogP contribution in [-0.2, 0) is 0 Å². The molecule has 17 heavy (non-hydrogen) atoms. The van der Waals surface area contributed by atoms with Gasteiger partial charge in [-0.3, -0.25) is 0 Å². The van der Waals surface area contributed by atoms with Crippen molar-refractivity contribution < 1.29 is 0 Å². The molecule has 2 aromatic rings. The second kappa shape index (κ2) is 5.05. The van der Waals surface area contributed by atoms with Gasteiger partial charge in [0.2, 0.25) is 0 Å². The smallest absolute Gasteiger partial charge is 0.157 e. The van der Waals surface area contributed by atoms with Gasteiger partial charge in [-0.25, -0.2) is 4.98 Å². The van der Waals surface area contributed by atoms with E-state index in [2.05, 4.69) is 20.9 Å². The lowest BCUT2D eigenvalue weighted by molar-refractivity contribution is 1.25. The molecule has 0 amide bonds. The highest BCUT2D eigenvalue weighted by Crippen LogP contribution is 2.39. The SMILES string of the molecule is N#Cc1nc(Cl)c(-c2ccccc2)c(Cl)c1Br. The minimum absolute atomic E-state index is 0.180. The largest absolute Gasteiger partial charge is 0.223 e. The van der Waals surface area contributed by atoms with Crippen LogP contribution in [0.2, 0.25) is 10.2 Å². The zero-order valence-electron chi connectivity index (χ0n) is 8.42. The van der Waals surface area contributed by atoms with Crippen LogP contribution < -0.4 is 0 Å². The Morgan fingerprint density at radius 2 is 1.82 bits per heavy atom. The molecule has 1 heterocycles. The van der Waals surface area contributed by atoms with Gasteiger partial charge in [0.25, 0.3) is 0 Å². The predicted octanol–water partition coefficient (Wildman–Crippen LogP) is 4.69. The molecule has 0 aliphatic carbocycles. The highest BCUT2D eigenvalue weighted by Gasteiger charge is 2.16. The third-order valence-electron chi connectivity index (χ3n) is 2.20. The minimum atomic E-state index is 0.180. The number of aromatic nitrogens is 1. The molecule has 0 unspecified atom stereocenters. The summed E-state index contributed by atoms with van der Waals surface area (Å²) >= 11 is 15.5. The van der Waals surface area contributed by atoms with E-state index in [-0.39, 0.29) is 10.8 Å². The molecule has 0 saturated heterocycles. The Hall–Kier alpha value is -1.08. The van der Waals surface area contributed by atoms with Crippen LogP contribution in [0.15, 0.2) is 34.8 Å². The van der Waals surface area contributed by atoms with Gasteiger partial charge in [-0.1, -0.05) is 53.5 Å². The van der Waals surface area contributed by atoms with Gasteiger partial charge in [-0.2, -0.15) is 5.26 Å². The monoisotopic (exact) mass is 326 g/mol. The lowest BCUT2D eigenvalue weighted by Gasteiger charge is -2.09. The van der Waals surface area contributed by atoms with Gasteiger partial charge < -0.3 is 0 Å². The van der Waals surface area contributed by atoms with Crippen LogP contribution in [0.1, 0.15) is 5.69 Å². The summed E-state index contributed by atoms with van der Waals surface area (Å²) in [6.45, 7) is 0. The lowest BCUT2D eigenvalue weighted by atomic mass is 10.1. The Morgan fingerprint density at radius 3 is 2.41 bits per heavy atom. The number of pyridine rings is 1. The Kier molecular flexibility index (Phi) is 3.68. The van der Waals surface area contributed by atoms with E-state index in [9.17, 15) is 0 Å². The third kappa shape index (κ3) is 2.30. The standard InChI is InChI=1S/C12H5BrCl2N2/c13-10-8(6-16)17-12(15)9(11(10)14)7-4-2-1-3-5-7/h1-5H. The van der Waals surface area contributed by atoms with E-state index in [1.807, 2.05) is 36.4 Å². The van der Waals surface area contributed by atoms with E-state index in [0.29, 0.717) is 15.1 Å². The molecule has 0 fully saturated rings. The Bertz CT molecular complexity index is 606. The fourth-order valence-corrected chi connectivity index (χ4v) is 2.43. The number of nitriles is 1. The van der Waals surface area contributed by atoms with Crippen LogP contribution in [0.3, 0.4) is 0 Å². The number of benzene rings is 1. The number of nitrogens with zero attached hydrogens (tertiary/aromatic N) is 2. The van der Waals surface area contributed by atoms with Crippen molar-refractivity contribution in [2.45, 2.75) is 0 Å². The summed E-state index contributed by atoms with van der Waals surface area (Å²) in [5.74, 6) is 0. The highest BCUT2D eigenvalue weighted by atomic mass is 79.9. The maximum atomic E-state index is 8.87. The van der Waals surface area contributed by atoms with Crippen molar-refractivity contribution in [2.75, 3.05) is 0 Å². The average molecular weight is 328 g/mol. The van der Waals surface area contributed by atoms with Crippen LogP contribution in [0.5, 0.6) is 0 Å². The second-order valence-corrected chi connectivity index (χ2v) is 4.76. The first-order chi connectivity index (χ1) is 8.15. The third-order valence-corrected chi connectivity index (χ3v) is 3.86. The molecule has 2 rings (SSSR count). The molecule has 5 heteroatoms.